The minimum Gasteiger partial charge on any atom is -0.478 e. The van der Waals surface area contributed by atoms with Gasteiger partial charge in [-0.05, 0) is 60.4 Å². The van der Waals surface area contributed by atoms with E-state index in [9.17, 15) is 18.3 Å². The van der Waals surface area contributed by atoms with E-state index in [1.54, 1.807) is 85.8 Å². The lowest BCUT2D eigenvalue weighted by atomic mass is 9.89. The van der Waals surface area contributed by atoms with Crippen LogP contribution in [0.25, 0.3) is 0 Å². The molecule has 4 rings (SSSR count). The summed E-state index contributed by atoms with van der Waals surface area (Å²) in [5.41, 5.74) is 1.81. The van der Waals surface area contributed by atoms with Gasteiger partial charge in [-0.3, -0.25) is 0 Å². The van der Waals surface area contributed by atoms with Crippen LogP contribution in [0.5, 0.6) is 0 Å². The summed E-state index contributed by atoms with van der Waals surface area (Å²) in [5.74, 6) is -1.17. The highest BCUT2D eigenvalue weighted by atomic mass is 35.5. The number of hydrogen-bond donors (Lipinski definition) is 1. The highest BCUT2D eigenvalue weighted by molar-refractivity contribution is 7.89. The van der Waals surface area contributed by atoms with Crippen molar-refractivity contribution in [1.29, 1.82) is 0 Å². The first-order valence-corrected chi connectivity index (χ1v) is 12.4. The number of hydrogen-bond acceptors (Lipinski definition) is 3. The van der Waals surface area contributed by atoms with Crippen molar-refractivity contribution in [3.8, 4) is 0 Å². The number of carboxylic acids is 1. The number of carboxylic acid groups (broad SMARTS) is 1. The van der Waals surface area contributed by atoms with Gasteiger partial charge in [0, 0.05) is 10.0 Å². The van der Waals surface area contributed by atoms with Crippen molar-refractivity contribution in [1.82, 2.24) is 4.31 Å². The average Bonchev–Trinajstić information content (AvgIpc) is 2.79. The molecule has 0 amide bonds. The number of aliphatic carboxylic acids is 1. The van der Waals surface area contributed by atoms with Gasteiger partial charge in [0.05, 0.1) is 22.6 Å². The third-order valence-electron chi connectivity index (χ3n) is 5.75. The summed E-state index contributed by atoms with van der Waals surface area (Å²) in [7, 11) is -4.11. The fourth-order valence-electron chi connectivity index (χ4n) is 4.18. The molecule has 5 nitrogen and oxygen atoms in total. The molecule has 3 aromatic carbocycles. The zero-order valence-electron chi connectivity index (χ0n) is 17.7. The molecular weight excluding hydrogens is 481 g/mol. The van der Waals surface area contributed by atoms with E-state index in [-0.39, 0.29) is 16.9 Å². The number of aryl methyl sites for hydroxylation is 1. The van der Waals surface area contributed by atoms with Gasteiger partial charge in [0.15, 0.2) is 0 Å². The van der Waals surface area contributed by atoms with Crippen LogP contribution in [0.3, 0.4) is 0 Å². The van der Waals surface area contributed by atoms with Crippen LogP contribution < -0.4 is 0 Å². The second-order valence-electron chi connectivity index (χ2n) is 7.82. The molecule has 1 aliphatic heterocycles. The Morgan fingerprint density at radius 1 is 0.909 bits per heavy atom. The maximum Gasteiger partial charge on any atom is 0.333 e. The van der Waals surface area contributed by atoms with Crippen LogP contribution in [-0.4, -0.2) is 23.8 Å². The van der Waals surface area contributed by atoms with E-state index in [0.29, 0.717) is 21.2 Å². The second kappa shape index (κ2) is 9.31. The SMILES string of the molecule is Cc1ccccc1S(=O)(=O)N1C(c2ccc(Cl)cc2)CC=C(C(=O)O)C1c1ccc(Cl)cc1. The molecule has 0 saturated heterocycles. The topological polar surface area (TPSA) is 74.7 Å². The molecule has 1 N–H and O–H groups in total. The van der Waals surface area contributed by atoms with E-state index in [0.717, 1.165) is 5.56 Å². The Balaban J connectivity index is 1.98. The van der Waals surface area contributed by atoms with Crippen molar-refractivity contribution < 1.29 is 18.3 Å². The normalized spacial score (nSPS) is 19.2. The number of benzene rings is 3. The van der Waals surface area contributed by atoms with Crippen molar-refractivity contribution >= 4 is 39.2 Å². The maximum atomic E-state index is 14.1. The van der Waals surface area contributed by atoms with E-state index >= 15 is 0 Å². The molecule has 2 atom stereocenters. The number of sulfonamides is 1. The Morgan fingerprint density at radius 2 is 1.45 bits per heavy atom. The van der Waals surface area contributed by atoms with Crippen LogP contribution in [-0.2, 0) is 14.8 Å². The largest absolute Gasteiger partial charge is 0.478 e. The Morgan fingerprint density at radius 3 is 2.00 bits per heavy atom. The van der Waals surface area contributed by atoms with Crippen molar-refractivity contribution in [2.45, 2.75) is 30.3 Å². The lowest BCUT2D eigenvalue weighted by molar-refractivity contribution is -0.133. The predicted molar refractivity (Wildman–Crippen MR) is 129 cm³/mol. The molecule has 1 heterocycles. The zero-order chi connectivity index (χ0) is 23.8. The van der Waals surface area contributed by atoms with Crippen LogP contribution in [0.15, 0.2) is 89.3 Å². The molecule has 2 unspecified atom stereocenters. The molecule has 0 spiro atoms. The fraction of sp³-hybridized carbons (Fsp3) is 0.160. The number of halogens is 2. The smallest absolute Gasteiger partial charge is 0.333 e. The molecule has 0 aromatic heterocycles. The summed E-state index contributed by atoms with van der Waals surface area (Å²) in [4.78, 5) is 12.4. The lowest BCUT2D eigenvalue weighted by Gasteiger charge is -2.41. The Bertz CT molecular complexity index is 1320. The first-order valence-electron chi connectivity index (χ1n) is 10.2. The summed E-state index contributed by atoms with van der Waals surface area (Å²) in [6.07, 6.45) is 1.81. The number of carbonyl (C=O) groups is 1. The van der Waals surface area contributed by atoms with Gasteiger partial charge >= 0.3 is 5.97 Å². The van der Waals surface area contributed by atoms with E-state index in [1.165, 1.54) is 4.31 Å². The van der Waals surface area contributed by atoms with E-state index < -0.39 is 28.1 Å². The van der Waals surface area contributed by atoms with E-state index in [2.05, 4.69) is 0 Å². The average molecular weight is 502 g/mol. The number of rotatable bonds is 5. The third kappa shape index (κ3) is 4.57. The van der Waals surface area contributed by atoms with Crippen LogP contribution in [0, 0.1) is 6.92 Å². The van der Waals surface area contributed by atoms with E-state index in [4.69, 9.17) is 23.2 Å². The highest BCUT2D eigenvalue weighted by Crippen LogP contribution is 2.46. The molecule has 0 fully saturated rings. The van der Waals surface area contributed by atoms with Crippen molar-refractivity contribution in [2.75, 3.05) is 0 Å². The molecule has 3 aromatic rings. The van der Waals surface area contributed by atoms with Crippen molar-refractivity contribution in [3.63, 3.8) is 0 Å². The van der Waals surface area contributed by atoms with Crippen molar-refractivity contribution in [2.24, 2.45) is 0 Å². The summed E-state index contributed by atoms with van der Waals surface area (Å²) >= 11 is 12.1. The van der Waals surface area contributed by atoms with Gasteiger partial charge in [-0.25, -0.2) is 13.2 Å². The molecular formula is C25H21Cl2NO4S. The standard InChI is InChI=1S/C25H21Cl2NO4S/c1-16-4-2-3-5-23(16)33(31,32)28-22(17-6-10-19(26)11-7-17)15-14-21(25(29)30)24(28)18-8-12-20(27)13-9-18/h2-14,22,24H,15H2,1H3,(H,29,30). The molecule has 0 saturated carbocycles. The first-order chi connectivity index (χ1) is 15.7. The molecule has 8 heteroatoms. The number of nitrogens with zero attached hydrogens (tertiary/aromatic N) is 1. The second-order valence-corrected chi connectivity index (χ2v) is 10.5. The van der Waals surface area contributed by atoms with Crippen LogP contribution in [0.2, 0.25) is 10.0 Å². The molecule has 33 heavy (non-hydrogen) atoms. The molecule has 0 aliphatic carbocycles. The Kier molecular flexibility index (Phi) is 6.64. The van der Waals surface area contributed by atoms with Gasteiger partial charge in [0.25, 0.3) is 0 Å². The lowest BCUT2D eigenvalue weighted by Crippen LogP contribution is -2.42. The minimum atomic E-state index is -4.11. The van der Waals surface area contributed by atoms with Gasteiger partial charge in [0.1, 0.15) is 0 Å². The molecule has 0 radical (unpaired) electrons. The van der Waals surface area contributed by atoms with Crippen molar-refractivity contribution in [3.05, 3.63) is 111 Å². The van der Waals surface area contributed by atoms with Gasteiger partial charge in [0.2, 0.25) is 10.0 Å². The third-order valence-corrected chi connectivity index (χ3v) is 8.29. The van der Waals surface area contributed by atoms with Gasteiger partial charge < -0.3 is 5.11 Å². The molecule has 170 valence electrons. The summed E-state index contributed by atoms with van der Waals surface area (Å²) < 4.78 is 29.6. The fourth-order valence-corrected chi connectivity index (χ4v) is 6.44. The quantitative estimate of drug-likeness (QED) is 0.452. The van der Waals surface area contributed by atoms with Gasteiger partial charge in [-0.1, -0.05) is 71.7 Å². The maximum absolute atomic E-state index is 14.1. The zero-order valence-corrected chi connectivity index (χ0v) is 20.0. The van der Waals surface area contributed by atoms with Crippen LogP contribution in [0.4, 0.5) is 0 Å². The Hall–Kier alpha value is -2.64. The highest BCUT2D eigenvalue weighted by Gasteiger charge is 2.44. The van der Waals surface area contributed by atoms with Gasteiger partial charge in [-0.2, -0.15) is 4.31 Å². The molecule has 1 aliphatic rings. The van der Waals surface area contributed by atoms with Crippen LogP contribution in [0.1, 0.15) is 35.2 Å². The van der Waals surface area contributed by atoms with Crippen LogP contribution >= 0.6 is 23.2 Å². The van der Waals surface area contributed by atoms with Gasteiger partial charge in [-0.15, -0.1) is 0 Å². The monoisotopic (exact) mass is 501 g/mol. The predicted octanol–water partition coefficient (Wildman–Crippen LogP) is 6.19. The Labute approximate surface area is 202 Å². The molecule has 0 bridgehead atoms. The summed E-state index contributed by atoms with van der Waals surface area (Å²) in [5, 5.41) is 11.0. The summed E-state index contributed by atoms with van der Waals surface area (Å²) in [6.45, 7) is 1.72. The minimum absolute atomic E-state index is 0.000282. The summed E-state index contributed by atoms with van der Waals surface area (Å²) in [6, 6.07) is 18.5. The first kappa shape index (κ1) is 23.5. The van der Waals surface area contributed by atoms with E-state index in [1.807, 2.05) is 0 Å².